The number of hydrogen-bond donors (Lipinski definition) is 0. The fourth-order valence-corrected chi connectivity index (χ4v) is 8.40. The third-order valence-electron chi connectivity index (χ3n) is 4.05. The fraction of sp³-hybridized carbons (Fsp3) is 0.0526. The maximum absolute atomic E-state index is 2.49. The summed E-state index contributed by atoms with van der Waals surface area (Å²) in [5.74, 6) is 0. The molecule has 0 atom stereocenters. The monoisotopic (exact) mass is 294 g/mol. The van der Waals surface area contributed by atoms with Crippen molar-refractivity contribution in [3.63, 3.8) is 0 Å². The average Bonchev–Trinajstić information content (AvgIpc) is 2.56. The third-order valence-corrected chi connectivity index (χ3v) is 11.0. The Hall–Kier alpha value is -1.63. The first-order valence-electron chi connectivity index (χ1n) is 6.98. The zero-order valence-corrected chi connectivity index (χ0v) is 13.2. The van der Waals surface area contributed by atoms with Crippen LogP contribution in [0.5, 0.6) is 0 Å². The zero-order chi connectivity index (χ0) is 13.8. The molecule has 3 rings (SSSR count). The first-order valence-corrected chi connectivity index (χ1v) is 10.9. The van der Waals surface area contributed by atoms with E-state index in [0.717, 1.165) is 0 Å². The van der Waals surface area contributed by atoms with Gasteiger partial charge >= 0.3 is 124 Å². The molecule has 3 aromatic rings. The van der Waals surface area contributed by atoms with Crippen LogP contribution in [-0.4, -0.2) is 0 Å². The van der Waals surface area contributed by atoms with Crippen molar-refractivity contribution in [2.75, 3.05) is 0 Å². The Labute approximate surface area is 124 Å². The van der Waals surface area contributed by atoms with Crippen LogP contribution in [0.2, 0.25) is 5.23 Å². The van der Waals surface area contributed by atoms with E-state index in [2.05, 4.69) is 96.2 Å². The number of benzene rings is 3. The van der Waals surface area contributed by atoms with Gasteiger partial charge in [0.05, 0.1) is 0 Å². The molecule has 0 aliphatic carbocycles. The molecule has 0 saturated heterocycles. The van der Waals surface area contributed by atoms with E-state index in [0.29, 0.717) is 0 Å². The molecule has 0 aliphatic rings. The minimum absolute atomic E-state index is 1.50. The molecular weight excluding hydrogens is 276 g/mol. The van der Waals surface area contributed by atoms with Crippen LogP contribution in [0.15, 0.2) is 91.0 Å². The molecule has 0 saturated carbocycles. The molecule has 0 N–H and O–H groups in total. The van der Waals surface area contributed by atoms with Gasteiger partial charge in [-0.15, -0.1) is 0 Å². The molecule has 0 heterocycles. The van der Waals surface area contributed by atoms with Gasteiger partial charge < -0.3 is 0 Å². The SMILES string of the molecule is [CH3][Ti]([c]1ccccc1)([c]1ccccc1)[c]1ccccc1. The molecule has 0 unspecified atom stereocenters. The van der Waals surface area contributed by atoms with Gasteiger partial charge in [0, 0.05) is 0 Å². The predicted molar refractivity (Wildman–Crippen MR) is 84.1 cm³/mol. The Morgan fingerprint density at radius 2 is 0.700 bits per heavy atom. The van der Waals surface area contributed by atoms with Gasteiger partial charge in [-0.05, 0) is 0 Å². The van der Waals surface area contributed by atoms with Crippen molar-refractivity contribution in [2.45, 2.75) is 5.23 Å². The van der Waals surface area contributed by atoms with Gasteiger partial charge in [-0.25, -0.2) is 0 Å². The summed E-state index contributed by atoms with van der Waals surface area (Å²) in [4.78, 5) is 0. The summed E-state index contributed by atoms with van der Waals surface area (Å²) in [6.07, 6.45) is 0. The van der Waals surface area contributed by atoms with E-state index in [4.69, 9.17) is 0 Å². The molecule has 1 heteroatoms. The van der Waals surface area contributed by atoms with E-state index in [9.17, 15) is 0 Å². The minimum atomic E-state index is -2.49. The molecule has 0 bridgehead atoms. The Morgan fingerprint density at radius 1 is 0.450 bits per heavy atom. The van der Waals surface area contributed by atoms with Crippen molar-refractivity contribution in [1.29, 1.82) is 0 Å². The van der Waals surface area contributed by atoms with E-state index in [1.165, 1.54) is 11.6 Å². The van der Waals surface area contributed by atoms with Crippen LogP contribution < -0.4 is 11.6 Å². The van der Waals surface area contributed by atoms with E-state index in [1.807, 2.05) is 0 Å². The predicted octanol–water partition coefficient (Wildman–Crippen LogP) is 3.16. The Balaban J connectivity index is 2.24. The van der Waals surface area contributed by atoms with Crippen molar-refractivity contribution in [3.05, 3.63) is 91.0 Å². The molecule has 0 spiro atoms. The summed E-state index contributed by atoms with van der Waals surface area (Å²) in [7, 11) is 0. The first kappa shape index (κ1) is 13.4. The van der Waals surface area contributed by atoms with Gasteiger partial charge in [-0.3, -0.25) is 0 Å². The summed E-state index contributed by atoms with van der Waals surface area (Å²) >= 11 is -2.49. The Kier molecular flexibility index (Phi) is 3.87. The third kappa shape index (κ3) is 2.37. The molecule has 0 aliphatic heterocycles. The van der Waals surface area contributed by atoms with Crippen LogP contribution in [-0.2, 0) is 16.6 Å². The van der Waals surface area contributed by atoms with Crippen LogP contribution in [0, 0.1) is 0 Å². The Bertz CT molecular complexity index is 563. The van der Waals surface area contributed by atoms with Gasteiger partial charge in [0.15, 0.2) is 0 Å². The van der Waals surface area contributed by atoms with Gasteiger partial charge in [-0.2, -0.15) is 0 Å². The number of rotatable bonds is 3. The van der Waals surface area contributed by atoms with E-state index in [-0.39, 0.29) is 0 Å². The average molecular weight is 294 g/mol. The summed E-state index contributed by atoms with van der Waals surface area (Å²) in [6.45, 7) is 0. The molecule has 3 aromatic carbocycles. The fourth-order valence-electron chi connectivity index (χ4n) is 2.81. The second-order valence-corrected chi connectivity index (χ2v) is 11.4. The van der Waals surface area contributed by atoms with Crippen LogP contribution in [0.1, 0.15) is 0 Å². The number of hydrogen-bond acceptors (Lipinski definition) is 0. The van der Waals surface area contributed by atoms with Crippen LogP contribution in [0.25, 0.3) is 0 Å². The molecule has 0 fully saturated rings. The topological polar surface area (TPSA) is 0 Å². The maximum atomic E-state index is 2.49. The molecular formula is C19H18Ti. The molecule has 0 amide bonds. The molecule has 20 heavy (non-hydrogen) atoms. The second-order valence-electron chi connectivity index (χ2n) is 5.22. The van der Waals surface area contributed by atoms with Crippen molar-refractivity contribution in [1.82, 2.24) is 0 Å². The van der Waals surface area contributed by atoms with Crippen molar-refractivity contribution < 1.29 is 16.6 Å². The van der Waals surface area contributed by atoms with Crippen molar-refractivity contribution >= 4 is 11.6 Å². The second kappa shape index (κ2) is 5.79. The first-order chi connectivity index (χ1) is 9.82. The summed E-state index contributed by atoms with van der Waals surface area (Å²) < 4.78 is 4.51. The normalized spacial score (nSPS) is 11.2. The summed E-state index contributed by atoms with van der Waals surface area (Å²) in [5, 5.41) is 2.49. The summed E-state index contributed by atoms with van der Waals surface area (Å²) in [5.41, 5.74) is 0. The quantitative estimate of drug-likeness (QED) is 0.651. The molecule has 0 aromatic heterocycles. The van der Waals surface area contributed by atoms with Gasteiger partial charge in [-0.1, -0.05) is 0 Å². The van der Waals surface area contributed by atoms with E-state index < -0.39 is 16.6 Å². The van der Waals surface area contributed by atoms with E-state index >= 15 is 0 Å². The standard InChI is InChI=1S/3C6H5.CH3.Ti/c3*1-2-4-6-5-3-1;;/h3*1-5H;1H3;. The molecule has 98 valence electrons. The zero-order valence-electron chi connectivity index (χ0n) is 11.7. The van der Waals surface area contributed by atoms with Gasteiger partial charge in [0.2, 0.25) is 0 Å². The molecule has 0 radical (unpaired) electrons. The van der Waals surface area contributed by atoms with Crippen molar-refractivity contribution in [3.8, 4) is 0 Å². The van der Waals surface area contributed by atoms with E-state index in [1.54, 1.807) is 0 Å². The van der Waals surface area contributed by atoms with Crippen LogP contribution in [0.4, 0.5) is 0 Å². The van der Waals surface area contributed by atoms with Crippen molar-refractivity contribution in [2.24, 2.45) is 0 Å². The van der Waals surface area contributed by atoms with Gasteiger partial charge in [0.1, 0.15) is 0 Å². The summed E-state index contributed by atoms with van der Waals surface area (Å²) in [6, 6.07) is 33.0. The van der Waals surface area contributed by atoms with Crippen LogP contribution >= 0.6 is 0 Å². The van der Waals surface area contributed by atoms with Crippen LogP contribution in [0.3, 0.4) is 0 Å². The van der Waals surface area contributed by atoms with Gasteiger partial charge in [0.25, 0.3) is 0 Å². The molecule has 0 nitrogen and oxygen atoms in total. The Morgan fingerprint density at radius 3 is 0.950 bits per heavy atom.